The summed E-state index contributed by atoms with van der Waals surface area (Å²) in [6.45, 7) is 2.73. The van der Waals surface area contributed by atoms with E-state index in [1.165, 1.54) is 0 Å². The molecular weight excluding hydrogens is 154 g/mol. The zero-order chi connectivity index (χ0) is 9.03. The van der Waals surface area contributed by atoms with Crippen molar-refractivity contribution in [2.75, 3.05) is 13.7 Å². The Labute approximate surface area is 72.2 Å². The predicted molar refractivity (Wildman–Crippen MR) is 46.8 cm³/mol. The summed E-state index contributed by atoms with van der Waals surface area (Å²) in [4.78, 5) is 0. The number of hydrogen-bond acceptors (Lipinski definition) is 3. The summed E-state index contributed by atoms with van der Waals surface area (Å²) in [5.74, 6) is 0. The highest BCUT2D eigenvalue weighted by Gasteiger charge is 2.21. The number of aliphatic hydroxyl groups is 1. The van der Waals surface area contributed by atoms with Gasteiger partial charge in [0.2, 0.25) is 0 Å². The molecule has 0 bridgehead atoms. The lowest BCUT2D eigenvalue weighted by Gasteiger charge is -2.26. The largest absolute Gasteiger partial charge is 0.394 e. The zero-order valence-electron chi connectivity index (χ0n) is 7.49. The van der Waals surface area contributed by atoms with Crippen molar-refractivity contribution in [3.63, 3.8) is 0 Å². The average Bonchev–Trinajstić information content (AvgIpc) is 2.57. The van der Waals surface area contributed by atoms with Crippen molar-refractivity contribution >= 4 is 0 Å². The van der Waals surface area contributed by atoms with E-state index >= 15 is 0 Å². The number of nitrogens with one attached hydrogen (secondary N) is 1. The molecule has 1 rings (SSSR count). The Hall–Kier alpha value is -0.870. The second-order valence-corrected chi connectivity index (χ2v) is 3.17. The van der Waals surface area contributed by atoms with Crippen molar-refractivity contribution in [2.24, 2.45) is 0 Å². The van der Waals surface area contributed by atoms with Crippen LogP contribution >= 0.6 is 0 Å². The fourth-order valence-corrected chi connectivity index (χ4v) is 0.960. The topological polar surface area (TPSA) is 50.1 Å². The van der Waals surface area contributed by atoms with Crippen LogP contribution in [0.5, 0.6) is 0 Å². The number of likely N-dealkylation sites (N-methyl/N-ethyl adjacent to an activating group) is 1. The van der Waals surface area contributed by atoms with Gasteiger partial charge in [-0.15, -0.1) is 0 Å². The summed E-state index contributed by atoms with van der Waals surface area (Å²) in [5.41, 5.74) is -0.286. The normalized spacial score (nSPS) is 15.9. The molecule has 0 saturated carbocycles. The van der Waals surface area contributed by atoms with E-state index in [9.17, 15) is 0 Å². The Kier molecular flexibility index (Phi) is 2.83. The number of aliphatic hydroxyl groups excluding tert-OH is 1. The summed E-state index contributed by atoms with van der Waals surface area (Å²) >= 11 is 0. The molecule has 1 aromatic heterocycles. The smallest absolute Gasteiger partial charge is 0.0628 e. The van der Waals surface area contributed by atoms with E-state index < -0.39 is 0 Å². The zero-order valence-corrected chi connectivity index (χ0v) is 7.49. The van der Waals surface area contributed by atoms with Crippen LogP contribution in [0.3, 0.4) is 0 Å². The van der Waals surface area contributed by atoms with Gasteiger partial charge in [-0.25, -0.2) is 0 Å². The molecule has 0 aliphatic rings. The first kappa shape index (κ1) is 9.22. The van der Waals surface area contributed by atoms with Gasteiger partial charge in [0.25, 0.3) is 0 Å². The molecular formula is C8H15N3O. The maximum Gasteiger partial charge on any atom is 0.0628 e. The second-order valence-electron chi connectivity index (χ2n) is 3.17. The van der Waals surface area contributed by atoms with Crippen LogP contribution in [0.25, 0.3) is 0 Å². The highest BCUT2D eigenvalue weighted by Crippen LogP contribution is 2.04. The van der Waals surface area contributed by atoms with Crippen LogP contribution in [0, 0.1) is 0 Å². The molecule has 0 aromatic carbocycles. The van der Waals surface area contributed by atoms with Gasteiger partial charge < -0.3 is 10.4 Å². The van der Waals surface area contributed by atoms with Gasteiger partial charge in [-0.3, -0.25) is 4.68 Å². The van der Waals surface area contributed by atoms with Crippen LogP contribution in [0.1, 0.15) is 6.92 Å². The molecule has 0 aliphatic heterocycles. The van der Waals surface area contributed by atoms with Gasteiger partial charge in [0.15, 0.2) is 0 Å². The Balaban J connectivity index is 2.60. The molecule has 0 saturated heterocycles. The van der Waals surface area contributed by atoms with E-state index in [1.807, 2.05) is 26.2 Å². The number of rotatable bonds is 4. The van der Waals surface area contributed by atoms with E-state index in [0.717, 1.165) is 0 Å². The molecule has 1 unspecified atom stereocenters. The van der Waals surface area contributed by atoms with E-state index in [1.54, 1.807) is 10.9 Å². The first-order chi connectivity index (χ1) is 5.70. The molecule has 0 aliphatic carbocycles. The molecule has 4 heteroatoms. The second kappa shape index (κ2) is 3.69. The van der Waals surface area contributed by atoms with Gasteiger partial charge in [0.1, 0.15) is 0 Å². The van der Waals surface area contributed by atoms with Crippen LogP contribution in [-0.4, -0.2) is 34.1 Å². The molecule has 12 heavy (non-hydrogen) atoms. The lowest BCUT2D eigenvalue weighted by Crippen LogP contribution is -2.47. The third kappa shape index (κ3) is 2.06. The van der Waals surface area contributed by atoms with Crippen molar-refractivity contribution < 1.29 is 5.11 Å². The van der Waals surface area contributed by atoms with Crippen molar-refractivity contribution in [1.29, 1.82) is 0 Å². The Morgan fingerprint density at radius 2 is 2.42 bits per heavy atom. The average molecular weight is 169 g/mol. The van der Waals surface area contributed by atoms with Crippen LogP contribution in [0.15, 0.2) is 18.5 Å². The molecule has 0 spiro atoms. The van der Waals surface area contributed by atoms with Crippen LogP contribution in [0.4, 0.5) is 0 Å². The highest BCUT2D eigenvalue weighted by atomic mass is 16.3. The summed E-state index contributed by atoms with van der Waals surface area (Å²) in [5, 5.41) is 16.2. The fraction of sp³-hybridized carbons (Fsp3) is 0.625. The summed E-state index contributed by atoms with van der Waals surface area (Å²) in [6.07, 6.45) is 3.61. The Bertz CT molecular complexity index is 216. The molecule has 1 aromatic rings. The molecule has 0 amide bonds. The number of hydrogen-bond donors (Lipinski definition) is 2. The summed E-state index contributed by atoms with van der Waals surface area (Å²) < 4.78 is 1.80. The number of aromatic nitrogens is 2. The quantitative estimate of drug-likeness (QED) is 0.659. The maximum absolute atomic E-state index is 9.08. The number of nitrogens with zero attached hydrogens (tertiary/aromatic N) is 2. The van der Waals surface area contributed by atoms with Gasteiger partial charge in [-0.1, -0.05) is 0 Å². The molecule has 0 radical (unpaired) electrons. The predicted octanol–water partition coefficient (Wildman–Crippen LogP) is -0.147. The van der Waals surface area contributed by atoms with Crippen molar-refractivity contribution in [3.8, 4) is 0 Å². The standard InChI is InChI=1S/C8H15N3O/c1-8(7-12,9-2)6-11-5-3-4-10-11/h3-5,9,12H,6-7H2,1-2H3. The molecule has 1 heterocycles. The lowest BCUT2D eigenvalue weighted by molar-refractivity contribution is 0.161. The minimum Gasteiger partial charge on any atom is -0.394 e. The van der Waals surface area contributed by atoms with E-state index in [-0.39, 0.29) is 12.1 Å². The first-order valence-electron chi connectivity index (χ1n) is 3.97. The van der Waals surface area contributed by atoms with Gasteiger partial charge in [0.05, 0.1) is 18.7 Å². The maximum atomic E-state index is 9.08. The third-order valence-corrected chi connectivity index (χ3v) is 2.02. The monoisotopic (exact) mass is 169 g/mol. The molecule has 0 fully saturated rings. The van der Waals surface area contributed by atoms with Gasteiger partial charge in [-0.05, 0) is 20.0 Å². The SMILES string of the molecule is CNC(C)(CO)Cn1cccn1. The van der Waals surface area contributed by atoms with Crippen LogP contribution in [-0.2, 0) is 6.54 Å². The minimum absolute atomic E-state index is 0.101. The van der Waals surface area contributed by atoms with Crippen molar-refractivity contribution in [1.82, 2.24) is 15.1 Å². The van der Waals surface area contributed by atoms with E-state index in [4.69, 9.17) is 5.11 Å². The molecule has 1 atom stereocenters. The van der Waals surface area contributed by atoms with Gasteiger partial charge in [0, 0.05) is 12.4 Å². The van der Waals surface area contributed by atoms with Gasteiger partial charge in [-0.2, -0.15) is 5.10 Å². The lowest BCUT2D eigenvalue weighted by atomic mass is 10.1. The summed E-state index contributed by atoms with van der Waals surface area (Å²) in [7, 11) is 1.83. The van der Waals surface area contributed by atoms with E-state index in [0.29, 0.717) is 6.54 Å². The van der Waals surface area contributed by atoms with E-state index in [2.05, 4.69) is 10.4 Å². The Morgan fingerprint density at radius 1 is 1.67 bits per heavy atom. The fourth-order valence-electron chi connectivity index (χ4n) is 0.960. The third-order valence-electron chi connectivity index (χ3n) is 2.02. The van der Waals surface area contributed by atoms with Crippen LogP contribution < -0.4 is 5.32 Å². The van der Waals surface area contributed by atoms with Crippen molar-refractivity contribution in [3.05, 3.63) is 18.5 Å². The first-order valence-corrected chi connectivity index (χ1v) is 3.97. The Morgan fingerprint density at radius 3 is 2.83 bits per heavy atom. The highest BCUT2D eigenvalue weighted by molar-refractivity contribution is 4.85. The summed E-state index contributed by atoms with van der Waals surface area (Å²) in [6, 6.07) is 1.87. The molecule has 68 valence electrons. The minimum atomic E-state index is -0.286. The van der Waals surface area contributed by atoms with Crippen LogP contribution in [0.2, 0.25) is 0 Å². The molecule has 4 nitrogen and oxygen atoms in total. The van der Waals surface area contributed by atoms with Crippen molar-refractivity contribution in [2.45, 2.75) is 19.0 Å². The molecule has 2 N–H and O–H groups in total. The van der Waals surface area contributed by atoms with Gasteiger partial charge >= 0.3 is 0 Å².